The van der Waals surface area contributed by atoms with Crippen molar-refractivity contribution >= 4 is 16.5 Å². The first-order valence-electron chi connectivity index (χ1n) is 5.57. The van der Waals surface area contributed by atoms with E-state index >= 15 is 0 Å². The summed E-state index contributed by atoms with van der Waals surface area (Å²) in [5.74, 6) is 0.972. The number of aryl methyl sites for hydroxylation is 2. The van der Waals surface area contributed by atoms with Gasteiger partial charge in [-0.15, -0.1) is 11.3 Å². The summed E-state index contributed by atoms with van der Waals surface area (Å²) in [5, 5.41) is 2.58. The van der Waals surface area contributed by atoms with Gasteiger partial charge in [0.05, 0.1) is 12.3 Å². The first-order chi connectivity index (χ1) is 8.11. The summed E-state index contributed by atoms with van der Waals surface area (Å²) >= 11 is 1.46. The van der Waals surface area contributed by atoms with Crippen LogP contribution in [0.25, 0.3) is 11.3 Å². The van der Waals surface area contributed by atoms with Crippen LogP contribution in [-0.2, 0) is 0 Å². The molecular weight excluding hydrogens is 232 g/mol. The molecule has 0 aliphatic rings. The van der Waals surface area contributed by atoms with E-state index in [2.05, 4.69) is 31.0 Å². The van der Waals surface area contributed by atoms with Crippen LogP contribution in [0.3, 0.4) is 0 Å². The highest BCUT2D eigenvalue weighted by atomic mass is 32.1. The fourth-order valence-electron chi connectivity index (χ4n) is 1.89. The van der Waals surface area contributed by atoms with Crippen molar-refractivity contribution in [2.45, 2.75) is 20.8 Å². The molecule has 2 aromatic rings. The van der Waals surface area contributed by atoms with E-state index in [-0.39, 0.29) is 0 Å². The van der Waals surface area contributed by atoms with Crippen LogP contribution < -0.4 is 10.5 Å². The number of ether oxygens (including phenoxy) is 1. The Morgan fingerprint density at radius 3 is 2.41 bits per heavy atom. The molecule has 90 valence electrons. The summed E-state index contributed by atoms with van der Waals surface area (Å²) in [5.41, 5.74) is 9.94. The molecule has 1 aromatic carbocycles. The number of thiazole rings is 1. The van der Waals surface area contributed by atoms with Crippen LogP contribution in [0.4, 0.5) is 5.13 Å². The molecule has 0 spiro atoms. The Bertz CT molecular complexity index is 511. The smallest absolute Gasteiger partial charge is 0.180 e. The van der Waals surface area contributed by atoms with Gasteiger partial charge in [0.2, 0.25) is 0 Å². The molecule has 0 amide bonds. The lowest BCUT2D eigenvalue weighted by molar-refractivity contribution is 0.335. The molecule has 17 heavy (non-hydrogen) atoms. The SMILES string of the molecule is CCOc1c(C)cc(-c2csc(N)n2)cc1C. The molecule has 0 bridgehead atoms. The van der Waals surface area contributed by atoms with Crippen molar-refractivity contribution < 1.29 is 4.74 Å². The Morgan fingerprint density at radius 1 is 1.29 bits per heavy atom. The molecule has 0 aliphatic carbocycles. The van der Waals surface area contributed by atoms with E-state index in [0.717, 1.165) is 28.1 Å². The van der Waals surface area contributed by atoms with Gasteiger partial charge in [0.1, 0.15) is 5.75 Å². The molecule has 0 fully saturated rings. The predicted molar refractivity (Wildman–Crippen MR) is 72.6 cm³/mol. The Balaban J connectivity index is 2.45. The monoisotopic (exact) mass is 248 g/mol. The van der Waals surface area contributed by atoms with Gasteiger partial charge in [0.25, 0.3) is 0 Å². The molecule has 1 aromatic heterocycles. The summed E-state index contributed by atoms with van der Waals surface area (Å²) in [7, 11) is 0. The normalized spacial score (nSPS) is 10.5. The molecule has 2 N–H and O–H groups in total. The van der Waals surface area contributed by atoms with Crippen molar-refractivity contribution in [2.24, 2.45) is 0 Å². The fraction of sp³-hybridized carbons (Fsp3) is 0.308. The second-order valence-electron chi connectivity index (χ2n) is 3.94. The van der Waals surface area contributed by atoms with E-state index in [1.807, 2.05) is 12.3 Å². The fourth-order valence-corrected chi connectivity index (χ4v) is 2.46. The van der Waals surface area contributed by atoms with Crippen molar-refractivity contribution in [3.05, 3.63) is 28.6 Å². The highest BCUT2D eigenvalue weighted by Crippen LogP contribution is 2.31. The minimum absolute atomic E-state index is 0.601. The summed E-state index contributed by atoms with van der Waals surface area (Å²) in [6.45, 7) is 6.78. The Hall–Kier alpha value is -1.55. The predicted octanol–water partition coefficient (Wildman–Crippen LogP) is 3.41. The number of nitrogen functional groups attached to an aromatic ring is 1. The quantitative estimate of drug-likeness (QED) is 0.905. The molecule has 0 unspecified atom stereocenters. The van der Waals surface area contributed by atoms with Crippen molar-refractivity contribution in [2.75, 3.05) is 12.3 Å². The third-order valence-electron chi connectivity index (χ3n) is 2.57. The average molecular weight is 248 g/mol. The summed E-state index contributed by atoms with van der Waals surface area (Å²) < 4.78 is 5.62. The van der Waals surface area contributed by atoms with Crippen LogP contribution in [0.5, 0.6) is 5.75 Å². The third kappa shape index (κ3) is 2.42. The largest absolute Gasteiger partial charge is 0.493 e. The van der Waals surface area contributed by atoms with Gasteiger partial charge in [-0.05, 0) is 44.0 Å². The maximum atomic E-state index is 5.65. The van der Waals surface area contributed by atoms with Gasteiger partial charge in [-0.2, -0.15) is 0 Å². The molecule has 0 atom stereocenters. The number of hydrogen-bond acceptors (Lipinski definition) is 4. The summed E-state index contributed by atoms with van der Waals surface area (Å²) in [6, 6.07) is 4.18. The Labute approximate surface area is 105 Å². The maximum Gasteiger partial charge on any atom is 0.180 e. The van der Waals surface area contributed by atoms with Crippen LogP contribution >= 0.6 is 11.3 Å². The first-order valence-corrected chi connectivity index (χ1v) is 6.45. The maximum absolute atomic E-state index is 5.65. The van der Waals surface area contributed by atoms with Gasteiger partial charge in [0, 0.05) is 10.9 Å². The zero-order valence-corrected chi connectivity index (χ0v) is 11.1. The first kappa shape index (κ1) is 11.9. The number of hydrogen-bond donors (Lipinski definition) is 1. The van der Waals surface area contributed by atoms with Crippen LogP contribution in [-0.4, -0.2) is 11.6 Å². The lowest BCUT2D eigenvalue weighted by atomic mass is 10.0. The van der Waals surface area contributed by atoms with Crippen LogP contribution in [0, 0.1) is 13.8 Å². The van der Waals surface area contributed by atoms with Crippen LogP contribution in [0.2, 0.25) is 0 Å². The zero-order valence-electron chi connectivity index (χ0n) is 10.3. The molecule has 3 nitrogen and oxygen atoms in total. The van der Waals surface area contributed by atoms with Gasteiger partial charge in [-0.1, -0.05) is 0 Å². The van der Waals surface area contributed by atoms with E-state index in [1.54, 1.807) is 0 Å². The zero-order chi connectivity index (χ0) is 12.4. The topological polar surface area (TPSA) is 48.1 Å². The number of nitrogens with zero attached hydrogens (tertiary/aromatic N) is 1. The van der Waals surface area contributed by atoms with Gasteiger partial charge in [-0.3, -0.25) is 0 Å². The van der Waals surface area contributed by atoms with Gasteiger partial charge in [-0.25, -0.2) is 4.98 Å². The molecular formula is C13H16N2OS. The highest BCUT2D eigenvalue weighted by Gasteiger charge is 2.09. The van der Waals surface area contributed by atoms with E-state index in [0.29, 0.717) is 11.7 Å². The highest BCUT2D eigenvalue weighted by molar-refractivity contribution is 7.13. The molecule has 4 heteroatoms. The lowest BCUT2D eigenvalue weighted by Crippen LogP contribution is -1.97. The molecule has 1 heterocycles. The number of nitrogens with two attached hydrogens (primary N) is 1. The van der Waals surface area contributed by atoms with Gasteiger partial charge >= 0.3 is 0 Å². The molecule has 0 aliphatic heterocycles. The van der Waals surface area contributed by atoms with E-state index in [9.17, 15) is 0 Å². The molecule has 0 saturated carbocycles. The lowest BCUT2D eigenvalue weighted by Gasteiger charge is -2.12. The van der Waals surface area contributed by atoms with Gasteiger partial charge < -0.3 is 10.5 Å². The van der Waals surface area contributed by atoms with Gasteiger partial charge in [0.15, 0.2) is 5.13 Å². The molecule has 2 rings (SSSR count). The standard InChI is InChI=1S/C13H16N2OS/c1-4-16-12-8(2)5-10(6-9(12)3)11-7-17-13(14)15-11/h5-7H,4H2,1-3H3,(H2,14,15). The number of aromatic nitrogens is 1. The number of benzene rings is 1. The minimum atomic E-state index is 0.601. The number of rotatable bonds is 3. The average Bonchev–Trinajstić information content (AvgIpc) is 2.70. The second kappa shape index (κ2) is 4.75. The van der Waals surface area contributed by atoms with Crippen LogP contribution in [0.1, 0.15) is 18.1 Å². The number of anilines is 1. The van der Waals surface area contributed by atoms with Crippen molar-refractivity contribution in [1.82, 2.24) is 4.98 Å². The molecule has 0 radical (unpaired) electrons. The molecule has 0 saturated heterocycles. The van der Waals surface area contributed by atoms with Crippen molar-refractivity contribution in [1.29, 1.82) is 0 Å². The van der Waals surface area contributed by atoms with Crippen molar-refractivity contribution in [3.63, 3.8) is 0 Å². The van der Waals surface area contributed by atoms with E-state index in [4.69, 9.17) is 10.5 Å². The van der Waals surface area contributed by atoms with E-state index in [1.165, 1.54) is 11.3 Å². The minimum Gasteiger partial charge on any atom is -0.493 e. The third-order valence-corrected chi connectivity index (χ3v) is 3.24. The van der Waals surface area contributed by atoms with Crippen molar-refractivity contribution in [3.8, 4) is 17.0 Å². The Kier molecular flexibility index (Phi) is 3.33. The van der Waals surface area contributed by atoms with Crippen LogP contribution in [0.15, 0.2) is 17.5 Å². The van der Waals surface area contributed by atoms with E-state index < -0.39 is 0 Å². The Morgan fingerprint density at radius 2 is 1.94 bits per heavy atom. The second-order valence-corrected chi connectivity index (χ2v) is 4.83. The summed E-state index contributed by atoms with van der Waals surface area (Å²) in [6.07, 6.45) is 0. The summed E-state index contributed by atoms with van der Waals surface area (Å²) in [4.78, 5) is 4.29.